The fourth-order valence-corrected chi connectivity index (χ4v) is 2.39. The van der Waals surface area contributed by atoms with Crippen molar-refractivity contribution in [2.75, 3.05) is 6.61 Å². The maximum atomic E-state index is 12.0. The van der Waals surface area contributed by atoms with Gasteiger partial charge in [-0.2, -0.15) is 0 Å². The Labute approximate surface area is 127 Å². The summed E-state index contributed by atoms with van der Waals surface area (Å²) in [5, 5.41) is 2.81. The number of carbonyl (C=O) groups is 2. The number of rotatable bonds is 6. The number of amides is 1. The van der Waals surface area contributed by atoms with Crippen LogP contribution in [-0.2, 0) is 16.1 Å². The Kier molecular flexibility index (Phi) is 4.00. The highest BCUT2D eigenvalue weighted by molar-refractivity contribution is 5.86. The van der Waals surface area contributed by atoms with Crippen molar-refractivity contribution in [2.45, 2.75) is 25.8 Å². The first kappa shape index (κ1) is 14.4. The van der Waals surface area contributed by atoms with Crippen LogP contribution in [0.5, 0.6) is 0 Å². The van der Waals surface area contributed by atoms with Gasteiger partial charge in [-0.15, -0.1) is 0 Å². The van der Waals surface area contributed by atoms with E-state index in [1.165, 1.54) is 0 Å². The van der Waals surface area contributed by atoms with Crippen molar-refractivity contribution in [1.29, 1.82) is 0 Å². The summed E-state index contributed by atoms with van der Waals surface area (Å²) in [7, 11) is 0. The van der Waals surface area contributed by atoms with Crippen LogP contribution in [0.25, 0.3) is 0 Å². The summed E-state index contributed by atoms with van der Waals surface area (Å²) in [5.74, 6) is 1.10. The van der Waals surface area contributed by atoms with Crippen LogP contribution < -0.4 is 5.32 Å². The zero-order chi connectivity index (χ0) is 15.5. The van der Waals surface area contributed by atoms with Gasteiger partial charge in [0.25, 0.3) is 0 Å². The minimum Gasteiger partial charge on any atom is -0.469 e. The maximum Gasteiger partial charge on any atom is 0.374 e. The number of hydrogen-bond donors (Lipinski definition) is 1. The number of ether oxygens (including phenoxy) is 1. The van der Waals surface area contributed by atoms with Crippen molar-refractivity contribution in [1.82, 2.24) is 5.32 Å². The van der Waals surface area contributed by atoms with E-state index in [-0.39, 0.29) is 30.0 Å². The Morgan fingerprint density at radius 2 is 2.23 bits per heavy atom. The Morgan fingerprint density at radius 1 is 1.36 bits per heavy atom. The number of carbonyl (C=O) groups excluding carboxylic acids is 2. The summed E-state index contributed by atoms with van der Waals surface area (Å²) in [6.45, 7) is 2.27. The van der Waals surface area contributed by atoms with Gasteiger partial charge in [0, 0.05) is 11.8 Å². The molecule has 1 fully saturated rings. The minimum atomic E-state index is -0.500. The van der Waals surface area contributed by atoms with Gasteiger partial charge in [-0.1, -0.05) is 0 Å². The van der Waals surface area contributed by atoms with E-state index in [1.54, 1.807) is 25.3 Å². The highest BCUT2D eigenvalue weighted by atomic mass is 16.5. The molecule has 1 aliphatic rings. The lowest BCUT2D eigenvalue weighted by atomic mass is 10.2. The molecule has 6 nitrogen and oxygen atoms in total. The lowest BCUT2D eigenvalue weighted by Crippen LogP contribution is -2.24. The molecule has 6 heteroatoms. The van der Waals surface area contributed by atoms with Gasteiger partial charge >= 0.3 is 5.97 Å². The molecular formula is C16H17NO5. The molecule has 2 atom stereocenters. The van der Waals surface area contributed by atoms with Crippen LogP contribution >= 0.6 is 0 Å². The van der Waals surface area contributed by atoms with Crippen LogP contribution in [0.1, 0.15) is 41.3 Å². The summed E-state index contributed by atoms with van der Waals surface area (Å²) < 4.78 is 15.5. The minimum absolute atomic E-state index is 0.0320. The first-order chi connectivity index (χ1) is 10.7. The number of esters is 1. The monoisotopic (exact) mass is 303 g/mol. The quantitative estimate of drug-likeness (QED) is 0.829. The van der Waals surface area contributed by atoms with Crippen LogP contribution in [-0.4, -0.2) is 18.5 Å². The third-order valence-electron chi connectivity index (χ3n) is 3.61. The topological polar surface area (TPSA) is 81.7 Å². The van der Waals surface area contributed by atoms with Crippen molar-refractivity contribution >= 4 is 11.9 Å². The van der Waals surface area contributed by atoms with Crippen molar-refractivity contribution < 1.29 is 23.2 Å². The molecule has 1 N–H and O–H groups in total. The Hall–Kier alpha value is -2.50. The van der Waals surface area contributed by atoms with Gasteiger partial charge in [0.15, 0.2) is 0 Å². The normalized spacial score (nSPS) is 19.7. The van der Waals surface area contributed by atoms with Crippen LogP contribution in [0.4, 0.5) is 0 Å². The van der Waals surface area contributed by atoms with Crippen LogP contribution in [0, 0.1) is 5.92 Å². The molecule has 1 amide bonds. The zero-order valence-corrected chi connectivity index (χ0v) is 12.2. The fraction of sp³-hybridized carbons (Fsp3) is 0.375. The molecule has 3 rings (SSSR count). The first-order valence-electron chi connectivity index (χ1n) is 7.26. The molecule has 0 radical (unpaired) electrons. The molecule has 1 aliphatic carbocycles. The van der Waals surface area contributed by atoms with Gasteiger partial charge in [-0.25, -0.2) is 4.79 Å². The molecule has 0 unspecified atom stereocenters. The van der Waals surface area contributed by atoms with Crippen LogP contribution in [0.15, 0.2) is 39.4 Å². The van der Waals surface area contributed by atoms with Gasteiger partial charge in [-0.05, 0) is 37.6 Å². The molecule has 2 heterocycles. The van der Waals surface area contributed by atoms with Crippen LogP contribution in [0.2, 0.25) is 0 Å². The van der Waals surface area contributed by atoms with E-state index >= 15 is 0 Å². The van der Waals surface area contributed by atoms with E-state index in [1.807, 2.05) is 12.1 Å². The van der Waals surface area contributed by atoms with Crippen molar-refractivity contribution in [2.24, 2.45) is 5.92 Å². The molecule has 0 aliphatic heterocycles. The van der Waals surface area contributed by atoms with Crippen molar-refractivity contribution in [3.63, 3.8) is 0 Å². The first-order valence-corrected chi connectivity index (χ1v) is 7.26. The highest BCUT2D eigenvalue weighted by Crippen LogP contribution is 2.47. The Bertz CT molecular complexity index is 658. The third-order valence-corrected chi connectivity index (χ3v) is 3.61. The van der Waals surface area contributed by atoms with Gasteiger partial charge in [0.05, 0.1) is 19.4 Å². The number of nitrogens with one attached hydrogen (secondary N) is 1. The molecule has 2 aromatic rings. The average Bonchev–Trinajstić information content (AvgIpc) is 2.93. The zero-order valence-electron chi connectivity index (χ0n) is 12.2. The molecule has 0 spiro atoms. The van der Waals surface area contributed by atoms with Gasteiger partial charge in [-0.3, -0.25) is 4.79 Å². The second-order valence-electron chi connectivity index (χ2n) is 5.17. The second kappa shape index (κ2) is 6.09. The van der Waals surface area contributed by atoms with Gasteiger partial charge in [0.1, 0.15) is 11.5 Å². The maximum absolute atomic E-state index is 12.0. The van der Waals surface area contributed by atoms with Gasteiger partial charge < -0.3 is 18.9 Å². The lowest BCUT2D eigenvalue weighted by Gasteiger charge is -2.02. The van der Waals surface area contributed by atoms with Crippen molar-refractivity contribution in [3.8, 4) is 0 Å². The fourth-order valence-electron chi connectivity index (χ4n) is 2.39. The molecule has 0 saturated heterocycles. The van der Waals surface area contributed by atoms with E-state index in [4.69, 9.17) is 13.6 Å². The highest BCUT2D eigenvalue weighted by Gasteiger charge is 2.45. The standard InChI is InChI=1S/C16H17NO5/c1-2-20-16(19)14-6-5-10(22-14)9-17-15(18)12-8-11(12)13-4-3-7-21-13/h3-7,11-12H,2,8-9H2,1H3,(H,17,18)/t11-,12+/m0/s1. The smallest absolute Gasteiger partial charge is 0.374 e. The molecule has 0 aromatic carbocycles. The van der Waals surface area contributed by atoms with Crippen molar-refractivity contribution in [3.05, 3.63) is 47.8 Å². The Balaban J connectivity index is 1.49. The summed E-state index contributed by atoms with van der Waals surface area (Å²) >= 11 is 0. The second-order valence-corrected chi connectivity index (χ2v) is 5.17. The van der Waals surface area contributed by atoms with Gasteiger partial charge in [0.2, 0.25) is 11.7 Å². The largest absolute Gasteiger partial charge is 0.469 e. The average molecular weight is 303 g/mol. The molecule has 1 saturated carbocycles. The summed E-state index contributed by atoms with van der Waals surface area (Å²) in [5.41, 5.74) is 0. The SMILES string of the molecule is CCOC(=O)c1ccc(CNC(=O)[C@@H]2C[C@@H]2c2ccco2)o1. The molecule has 116 valence electrons. The predicted octanol–water partition coefficient (Wildman–Crippen LogP) is 2.47. The number of furan rings is 2. The molecule has 22 heavy (non-hydrogen) atoms. The molecular weight excluding hydrogens is 286 g/mol. The third kappa shape index (κ3) is 3.05. The summed E-state index contributed by atoms with van der Waals surface area (Å²) in [4.78, 5) is 23.5. The van der Waals surface area contributed by atoms with E-state index in [2.05, 4.69) is 5.32 Å². The molecule has 2 aromatic heterocycles. The van der Waals surface area contributed by atoms with Crippen LogP contribution in [0.3, 0.4) is 0 Å². The molecule has 0 bridgehead atoms. The summed E-state index contributed by atoms with van der Waals surface area (Å²) in [6.07, 6.45) is 2.41. The van der Waals surface area contributed by atoms with E-state index in [0.29, 0.717) is 12.4 Å². The number of hydrogen-bond acceptors (Lipinski definition) is 5. The predicted molar refractivity (Wildman–Crippen MR) is 76.1 cm³/mol. The summed E-state index contributed by atoms with van der Waals surface area (Å²) in [6, 6.07) is 6.91. The van der Waals surface area contributed by atoms with E-state index in [0.717, 1.165) is 12.2 Å². The lowest BCUT2D eigenvalue weighted by molar-refractivity contribution is -0.122. The van der Waals surface area contributed by atoms with E-state index < -0.39 is 5.97 Å². The van der Waals surface area contributed by atoms with E-state index in [9.17, 15) is 9.59 Å². The Morgan fingerprint density at radius 3 is 2.95 bits per heavy atom.